The minimum Gasteiger partial charge on any atom is -0.344 e. The van der Waals surface area contributed by atoms with E-state index in [1.165, 1.54) is 0 Å². The van der Waals surface area contributed by atoms with Crippen molar-refractivity contribution in [2.45, 2.75) is 47.1 Å². The second-order valence-electron chi connectivity index (χ2n) is 6.97. The van der Waals surface area contributed by atoms with Crippen molar-refractivity contribution in [3.63, 3.8) is 0 Å². The van der Waals surface area contributed by atoms with Crippen molar-refractivity contribution in [3.05, 3.63) is 0 Å². The third kappa shape index (κ3) is 4.63. The van der Waals surface area contributed by atoms with Crippen molar-refractivity contribution in [1.82, 2.24) is 10.2 Å². The molecule has 1 heterocycles. The molecule has 0 aliphatic carbocycles. The SMILES string of the molecule is CC(NC(=O)C(C)(C)C)C(=O)N1CCC(C)(CN)C1.Cl. The fourth-order valence-corrected chi connectivity index (χ4v) is 2.13. The molecule has 5 nitrogen and oxygen atoms in total. The van der Waals surface area contributed by atoms with Gasteiger partial charge in [0.1, 0.15) is 6.04 Å². The molecule has 0 radical (unpaired) electrons. The standard InChI is InChI=1S/C14H27N3O2.ClH/c1-10(16-12(19)13(2,3)4)11(18)17-7-6-14(5,8-15)9-17;/h10H,6-9,15H2,1-5H3,(H,16,19);1H. The zero-order valence-electron chi connectivity index (χ0n) is 13.2. The smallest absolute Gasteiger partial charge is 0.244 e. The summed E-state index contributed by atoms with van der Waals surface area (Å²) in [5, 5.41) is 2.78. The van der Waals surface area contributed by atoms with Crippen LogP contribution in [0.15, 0.2) is 0 Å². The summed E-state index contributed by atoms with van der Waals surface area (Å²) in [5.41, 5.74) is 5.27. The molecule has 1 fully saturated rings. The molecule has 0 spiro atoms. The highest BCUT2D eigenvalue weighted by Gasteiger charge is 2.37. The molecular weight excluding hydrogens is 278 g/mol. The summed E-state index contributed by atoms with van der Waals surface area (Å²) >= 11 is 0. The van der Waals surface area contributed by atoms with E-state index in [1.54, 1.807) is 11.8 Å². The van der Waals surface area contributed by atoms with Crippen molar-refractivity contribution in [2.75, 3.05) is 19.6 Å². The molecule has 0 aromatic rings. The van der Waals surface area contributed by atoms with Crippen LogP contribution < -0.4 is 11.1 Å². The Balaban J connectivity index is 0.00000361. The van der Waals surface area contributed by atoms with E-state index in [0.717, 1.165) is 13.0 Å². The highest BCUT2D eigenvalue weighted by molar-refractivity contribution is 5.89. The maximum Gasteiger partial charge on any atom is 0.244 e. The van der Waals surface area contributed by atoms with Gasteiger partial charge in [-0.15, -0.1) is 12.4 Å². The number of hydrogen-bond acceptors (Lipinski definition) is 3. The summed E-state index contributed by atoms with van der Waals surface area (Å²) in [6.45, 7) is 11.3. The predicted molar refractivity (Wildman–Crippen MR) is 82.7 cm³/mol. The van der Waals surface area contributed by atoms with Gasteiger partial charge in [-0.1, -0.05) is 27.7 Å². The van der Waals surface area contributed by atoms with Gasteiger partial charge in [0.05, 0.1) is 0 Å². The van der Waals surface area contributed by atoms with Gasteiger partial charge in [-0.05, 0) is 25.3 Å². The van der Waals surface area contributed by atoms with Gasteiger partial charge < -0.3 is 16.0 Å². The van der Waals surface area contributed by atoms with Gasteiger partial charge in [0.15, 0.2) is 0 Å². The molecule has 1 saturated heterocycles. The molecule has 0 saturated carbocycles. The van der Waals surface area contributed by atoms with Crippen molar-refractivity contribution in [1.29, 1.82) is 0 Å². The predicted octanol–water partition coefficient (Wildman–Crippen LogP) is 1.16. The van der Waals surface area contributed by atoms with Gasteiger partial charge >= 0.3 is 0 Å². The first-order valence-corrected chi connectivity index (χ1v) is 6.89. The number of amides is 2. The van der Waals surface area contributed by atoms with Crippen LogP contribution in [0.5, 0.6) is 0 Å². The lowest BCUT2D eigenvalue weighted by atomic mass is 9.90. The van der Waals surface area contributed by atoms with Gasteiger partial charge in [0.25, 0.3) is 0 Å². The third-order valence-electron chi connectivity index (χ3n) is 3.76. The van der Waals surface area contributed by atoms with Crippen LogP contribution in [0.3, 0.4) is 0 Å². The first-order chi connectivity index (χ1) is 8.59. The summed E-state index contributed by atoms with van der Waals surface area (Å²) in [6.07, 6.45) is 0.926. The number of likely N-dealkylation sites (tertiary alicyclic amines) is 1. The molecule has 2 unspecified atom stereocenters. The van der Waals surface area contributed by atoms with E-state index in [2.05, 4.69) is 12.2 Å². The monoisotopic (exact) mass is 305 g/mol. The van der Waals surface area contributed by atoms with Crippen LogP contribution in [-0.2, 0) is 9.59 Å². The van der Waals surface area contributed by atoms with E-state index >= 15 is 0 Å². The molecule has 3 N–H and O–H groups in total. The Bertz CT molecular complexity index is 368. The summed E-state index contributed by atoms with van der Waals surface area (Å²) in [4.78, 5) is 26.0. The van der Waals surface area contributed by atoms with E-state index in [4.69, 9.17) is 5.73 Å². The minimum atomic E-state index is -0.481. The number of halogens is 1. The molecule has 118 valence electrons. The maximum absolute atomic E-state index is 12.3. The second-order valence-corrected chi connectivity index (χ2v) is 6.97. The van der Waals surface area contributed by atoms with Gasteiger partial charge in [-0.25, -0.2) is 0 Å². The fourth-order valence-electron chi connectivity index (χ4n) is 2.13. The zero-order valence-corrected chi connectivity index (χ0v) is 14.0. The quantitative estimate of drug-likeness (QED) is 0.821. The summed E-state index contributed by atoms with van der Waals surface area (Å²) < 4.78 is 0. The van der Waals surface area contributed by atoms with Crippen LogP contribution in [0, 0.1) is 10.8 Å². The molecule has 1 rings (SSSR count). The molecule has 1 aliphatic heterocycles. The highest BCUT2D eigenvalue weighted by atomic mass is 35.5. The van der Waals surface area contributed by atoms with Crippen LogP contribution in [0.2, 0.25) is 0 Å². The molecule has 0 bridgehead atoms. The van der Waals surface area contributed by atoms with E-state index < -0.39 is 11.5 Å². The Kier molecular flexibility index (Phi) is 6.49. The van der Waals surface area contributed by atoms with Gasteiger partial charge in [0, 0.05) is 18.5 Å². The van der Waals surface area contributed by atoms with Crippen molar-refractivity contribution in [2.24, 2.45) is 16.6 Å². The Morgan fingerprint density at radius 2 is 1.95 bits per heavy atom. The maximum atomic E-state index is 12.3. The lowest BCUT2D eigenvalue weighted by Gasteiger charge is -2.26. The summed E-state index contributed by atoms with van der Waals surface area (Å²) in [6, 6.07) is -0.480. The van der Waals surface area contributed by atoms with Crippen molar-refractivity contribution in [3.8, 4) is 0 Å². The number of nitrogens with one attached hydrogen (secondary N) is 1. The Morgan fingerprint density at radius 1 is 1.40 bits per heavy atom. The molecule has 2 atom stereocenters. The first-order valence-electron chi connectivity index (χ1n) is 6.89. The van der Waals surface area contributed by atoms with Crippen molar-refractivity contribution < 1.29 is 9.59 Å². The lowest BCUT2D eigenvalue weighted by molar-refractivity contribution is -0.137. The number of nitrogens with zero attached hydrogens (tertiary/aromatic N) is 1. The molecule has 20 heavy (non-hydrogen) atoms. The molecule has 6 heteroatoms. The van der Waals surface area contributed by atoms with E-state index in [0.29, 0.717) is 13.1 Å². The Hall–Kier alpha value is -0.810. The van der Waals surface area contributed by atoms with Gasteiger partial charge in [0.2, 0.25) is 11.8 Å². The number of carbonyl (C=O) groups excluding carboxylic acids is 2. The van der Waals surface area contributed by atoms with Crippen molar-refractivity contribution >= 4 is 24.2 Å². The summed E-state index contributed by atoms with van der Waals surface area (Å²) in [5.74, 6) is -0.121. The molecule has 0 aromatic carbocycles. The van der Waals surface area contributed by atoms with E-state index in [-0.39, 0.29) is 29.6 Å². The minimum absolute atomic E-state index is 0. The van der Waals surface area contributed by atoms with Crippen LogP contribution in [-0.4, -0.2) is 42.4 Å². The summed E-state index contributed by atoms with van der Waals surface area (Å²) in [7, 11) is 0. The largest absolute Gasteiger partial charge is 0.344 e. The Labute approximate surface area is 128 Å². The van der Waals surface area contributed by atoms with Crippen LogP contribution in [0.4, 0.5) is 0 Å². The average molecular weight is 306 g/mol. The fraction of sp³-hybridized carbons (Fsp3) is 0.857. The number of nitrogens with two attached hydrogens (primary N) is 1. The first kappa shape index (κ1) is 19.2. The van der Waals surface area contributed by atoms with Gasteiger partial charge in [-0.2, -0.15) is 0 Å². The van der Waals surface area contributed by atoms with E-state index in [1.807, 2.05) is 20.8 Å². The normalized spacial score (nSPS) is 24.0. The van der Waals surface area contributed by atoms with Crippen LogP contribution in [0.25, 0.3) is 0 Å². The zero-order chi connectivity index (χ0) is 14.8. The van der Waals surface area contributed by atoms with Crippen LogP contribution >= 0.6 is 12.4 Å². The number of rotatable bonds is 3. The second kappa shape index (κ2) is 6.76. The van der Waals surface area contributed by atoms with Gasteiger partial charge in [-0.3, -0.25) is 9.59 Å². The van der Waals surface area contributed by atoms with E-state index in [9.17, 15) is 9.59 Å². The average Bonchev–Trinajstić information content (AvgIpc) is 2.70. The Morgan fingerprint density at radius 3 is 2.35 bits per heavy atom. The number of carbonyl (C=O) groups is 2. The topological polar surface area (TPSA) is 75.4 Å². The molecular formula is C14H28ClN3O2. The highest BCUT2D eigenvalue weighted by Crippen LogP contribution is 2.28. The van der Waals surface area contributed by atoms with Crippen LogP contribution in [0.1, 0.15) is 41.0 Å². The molecule has 2 amide bonds. The lowest BCUT2D eigenvalue weighted by Crippen LogP contribution is -2.49. The molecule has 1 aliphatic rings. The third-order valence-corrected chi connectivity index (χ3v) is 3.76. The molecule has 0 aromatic heterocycles. The number of hydrogen-bond donors (Lipinski definition) is 2.